The fourth-order valence-corrected chi connectivity index (χ4v) is 9.15. The van der Waals surface area contributed by atoms with Crippen LogP contribution in [0, 0.1) is 13.8 Å². The van der Waals surface area contributed by atoms with Gasteiger partial charge in [-0.15, -0.1) is 0 Å². The van der Waals surface area contributed by atoms with Gasteiger partial charge < -0.3 is 4.90 Å². The number of aryl methyl sites for hydroxylation is 6. The first-order valence-corrected chi connectivity index (χ1v) is 20.8. The van der Waals surface area contributed by atoms with Crippen LogP contribution in [-0.4, -0.2) is 0 Å². The molecule has 0 heterocycles. The lowest BCUT2D eigenvalue weighted by Crippen LogP contribution is -2.26. The van der Waals surface area contributed by atoms with Gasteiger partial charge in [-0.2, -0.15) is 0 Å². The van der Waals surface area contributed by atoms with Crippen LogP contribution in [0.1, 0.15) is 135 Å². The topological polar surface area (TPSA) is 3.24 Å². The maximum atomic E-state index is 2.61. The molecule has 0 bridgehead atoms. The third kappa shape index (κ3) is 7.80. The summed E-state index contributed by atoms with van der Waals surface area (Å²) in [4.78, 5) is 2.52. The predicted molar refractivity (Wildman–Crippen MR) is 225 cm³/mol. The van der Waals surface area contributed by atoms with Gasteiger partial charge in [0.2, 0.25) is 0 Å². The smallest absolute Gasteiger partial charge is 0.0465 e. The van der Waals surface area contributed by atoms with Gasteiger partial charge in [-0.25, -0.2) is 0 Å². The molecule has 2 aliphatic carbocycles. The van der Waals surface area contributed by atoms with E-state index < -0.39 is 0 Å². The Bertz CT molecular complexity index is 1930. The first kappa shape index (κ1) is 36.3. The molecule has 270 valence electrons. The van der Waals surface area contributed by atoms with E-state index in [1.165, 1.54) is 140 Å². The van der Waals surface area contributed by atoms with E-state index in [4.69, 9.17) is 0 Å². The van der Waals surface area contributed by atoms with E-state index >= 15 is 0 Å². The summed E-state index contributed by atoms with van der Waals surface area (Å²) in [6.45, 7) is 9.13. The molecule has 0 aliphatic heterocycles. The van der Waals surface area contributed by atoms with Crippen LogP contribution < -0.4 is 4.90 Å². The molecular weight excluding hydrogens is 627 g/mol. The Hall–Kier alpha value is -4.10. The average molecular weight is 688 g/mol. The van der Waals surface area contributed by atoms with Crippen molar-refractivity contribution in [3.63, 3.8) is 0 Å². The fourth-order valence-electron chi connectivity index (χ4n) is 9.15. The van der Waals surface area contributed by atoms with Gasteiger partial charge in [0.15, 0.2) is 0 Å². The first-order chi connectivity index (χ1) is 25.5. The molecule has 0 atom stereocenters. The second-order valence-electron chi connectivity index (χ2n) is 16.1. The van der Waals surface area contributed by atoms with Crippen LogP contribution in [-0.2, 0) is 31.1 Å². The molecule has 1 nitrogen and oxygen atoms in total. The maximum absolute atomic E-state index is 2.61. The first-order valence-electron chi connectivity index (χ1n) is 20.8. The van der Waals surface area contributed by atoms with Crippen molar-refractivity contribution in [2.24, 2.45) is 0 Å². The summed E-state index contributed by atoms with van der Waals surface area (Å²) in [5.74, 6) is 0. The third-order valence-corrected chi connectivity index (χ3v) is 12.3. The van der Waals surface area contributed by atoms with Gasteiger partial charge in [0.1, 0.15) is 0 Å². The summed E-state index contributed by atoms with van der Waals surface area (Å²) in [7, 11) is 0. The minimum atomic E-state index is 0.0584. The highest BCUT2D eigenvalue weighted by Crippen LogP contribution is 2.56. The van der Waals surface area contributed by atoms with Gasteiger partial charge in [0, 0.05) is 22.5 Å². The number of rotatable bonds is 18. The zero-order valence-electron chi connectivity index (χ0n) is 32.6. The van der Waals surface area contributed by atoms with Gasteiger partial charge in [0.25, 0.3) is 0 Å². The molecule has 0 saturated carbocycles. The van der Waals surface area contributed by atoms with Crippen LogP contribution in [0.3, 0.4) is 0 Å². The maximum Gasteiger partial charge on any atom is 0.0465 e. The molecule has 0 N–H and O–H groups in total. The zero-order chi connectivity index (χ0) is 35.9. The molecular formula is C51H61N. The summed E-state index contributed by atoms with van der Waals surface area (Å²) in [6.07, 6.45) is 20.3. The van der Waals surface area contributed by atoms with E-state index in [0.717, 1.165) is 12.8 Å². The summed E-state index contributed by atoms with van der Waals surface area (Å²) >= 11 is 0. The highest BCUT2D eigenvalue weighted by molar-refractivity contribution is 5.86. The van der Waals surface area contributed by atoms with Gasteiger partial charge in [-0.3, -0.25) is 0 Å². The number of hydrogen-bond acceptors (Lipinski definition) is 1. The number of unbranched alkanes of at least 4 members (excludes halogenated alkanes) is 8. The largest absolute Gasteiger partial charge is 0.310 e. The van der Waals surface area contributed by atoms with Crippen molar-refractivity contribution >= 4 is 17.1 Å². The Balaban J connectivity index is 1.27. The molecule has 52 heavy (non-hydrogen) atoms. The Morgan fingerprint density at radius 1 is 0.481 bits per heavy atom. The van der Waals surface area contributed by atoms with Crippen molar-refractivity contribution in [2.75, 3.05) is 4.90 Å². The molecule has 1 heteroatoms. The fraction of sp³-hybridized carbons (Fsp3) is 0.412. The van der Waals surface area contributed by atoms with Gasteiger partial charge >= 0.3 is 0 Å². The van der Waals surface area contributed by atoms with E-state index in [0.29, 0.717) is 0 Å². The summed E-state index contributed by atoms with van der Waals surface area (Å²) in [5, 5.41) is 0. The highest BCUT2D eigenvalue weighted by Gasteiger charge is 2.42. The van der Waals surface area contributed by atoms with Crippen LogP contribution in [0.2, 0.25) is 0 Å². The number of fused-ring (bicyclic) bond motifs is 4. The van der Waals surface area contributed by atoms with Crippen LogP contribution in [0.4, 0.5) is 17.1 Å². The van der Waals surface area contributed by atoms with E-state index in [9.17, 15) is 0 Å². The number of benzene rings is 5. The molecule has 0 amide bonds. The molecule has 0 fully saturated rings. The second-order valence-corrected chi connectivity index (χ2v) is 16.1. The molecule has 2 aliphatic rings. The number of hydrogen-bond donors (Lipinski definition) is 0. The normalized spacial score (nSPS) is 13.7. The van der Waals surface area contributed by atoms with Crippen molar-refractivity contribution in [2.45, 2.75) is 136 Å². The van der Waals surface area contributed by atoms with Gasteiger partial charge in [-0.1, -0.05) is 156 Å². The van der Waals surface area contributed by atoms with Crippen LogP contribution >= 0.6 is 0 Å². The molecule has 5 aromatic rings. The van der Waals surface area contributed by atoms with Crippen molar-refractivity contribution in [3.05, 3.63) is 148 Å². The molecule has 5 aromatic carbocycles. The lowest BCUT2D eigenvalue weighted by atomic mass is 9.70. The standard InChI is InChI=1S/C51H61N/c1-5-7-9-11-13-32-51(33-14-12-10-8-6-2)49-34-39(4)20-30-47(49)48-31-29-46(37-50(48)51)52(44-27-18-38(3)19-28-44)45-17-15-16-40(36-45)21-22-41-23-24-42-25-26-43(42)35-41/h15-20,23-24,27-31,34-37H,5-14,21-22,25-26,32-33H2,1-4H3. The average Bonchev–Trinajstić information content (AvgIpc) is 3.40. The SMILES string of the molecule is CCCCCCCC1(CCCCCCC)c2cc(C)ccc2-c2ccc(N(c3ccc(C)cc3)c3cccc(CCc4ccc5c(c4)CC5)c3)cc21. The Morgan fingerprint density at radius 3 is 1.71 bits per heavy atom. The molecule has 0 saturated heterocycles. The van der Waals surface area contributed by atoms with Crippen LogP contribution in [0.25, 0.3) is 11.1 Å². The Kier molecular flexibility index (Phi) is 11.7. The summed E-state index contributed by atoms with van der Waals surface area (Å²) in [6, 6.07) is 40.4. The van der Waals surface area contributed by atoms with E-state index in [2.05, 4.69) is 136 Å². The lowest BCUT2D eigenvalue weighted by molar-refractivity contribution is 0.399. The van der Waals surface area contributed by atoms with Gasteiger partial charge in [-0.05, 0) is 133 Å². The lowest BCUT2D eigenvalue weighted by Gasteiger charge is -2.34. The van der Waals surface area contributed by atoms with Gasteiger partial charge in [0.05, 0.1) is 0 Å². The van der Waals surface area contributed by atoms with Crippen molar-refractivity contribution in [1.82, 2.24) is 0 Å². The minimum Gasteiger partial charge on any atom is -0.310 e. The predicted octanol–water partition coefficient (Wildman–Crippen LogP) is 14.6. The van der Waals surface area contributed by atoms with Crippen LogP contribution in [0.5, 0.6) is 0 Å². The van der Waals surface area contributed by atoms with Crippen molar-refractivity contribution < 1.29 is 0 Å². The third-order valence-electron chi connectivity index (χ3n) is 12.3. The Labute approximate surface area is 315 Å². The second kappa shape index (κ2) is 16.7. The molecule has 0 unspecified atom stereocenters. The zero-order valence-corrected chi connectivity index (χ0v) is 32.6. The van der Waals surface area contributed by atoms with Crippen molar-refractivity contribution in [3.8, 4) is 11.1 Å². The Morgan fingerprint density at radius 2 is 1.06 bits per heavy atom. The molecule has 0 radical (unpaired) electrons. The summed E-state index contributed by atoms with van der Waals surface area (Å²) in [5.41, 5.74) is 18.5. The monoisotopic (exact) mass is 687 g/mol. The summed E-state index contributed by atoms with van der Waals surface area (Å²) < 4.78 is 0. The van der Waals surface area contributed by atoms with E-state index in [1.54, 1.807) is 22.3 Å². The molecule has 0 spiro atoms. The quantitative estimate of drug-likeness (QED) is 0.0829. The molecule has 0 aromatic heterocycles. The minimum absolute atomic E-state index is 0.0584. The number of nitrogens with zero attached hydrogens (tertiary/aromatic N) is 1. The van der Waals surface area contributed by atoms with Crippen LogP contribution in [0.15, 0.2) is 103 Å². The number of anilines is 3. The van der Waals surface area contributed by atoms with E-state index in [1.807, 2.05) is 0 Å². The molecule has 7 rings (SSSR count). The highest BCUT2D eigenvalue weighted by atomic mass is 15.1. The van der Waals surface area contributed by atoms with Crippen molar-refractivity contribution in [1.29, 1.82) is 0 Å². The van der Waals surface area contributed by atoms with E-state index in [-0.39, 0.29) is 5.41 Å².